The lowest BCUT2D eigenvalue weighted by atomic mass is 9.97. The third-order valence-electron chi connectivity index (χ3n) is 3.96. The molecule has 1 aromatic rings. The molecule has 1 aliphatic heterocycles. The summed E-state index contributed by atoms with van der Waals surface area (Å²) in [5.74, 6) is -0.707. The third kappa shape index (κ3) is 4.96. The zero-order valence-electron chi connectivity index (χ0n) is 13.5. The Bertz CT molecular complexity index is 530. The van der Waals surface area contributed by atoms with Crippen LogP contribution in [0.4, 0.5) is 5.69 Å². The fraction of sp³-hybridized carbons (Fsp3) is 0.529. The maximum absolute atomic E-state index is 11.9. The number of anilines is 1. The number of carbonyl (C=O) groups is 2. The van der Waals surface area contributed by atoms with E-state index in [4.69, 9.17) is 15.2 Å². The molecule has 23 heavy (non-hydrogen) atoms. The number of nitrogens with two attached hydrogens (primary N) is 1. The van der Waals surface area contributed by atoms with E-state index >= 15 is 0 Å². The van der Waals surface area contributed by atoms with Crippen LogP contribution < -0.4 is 10.6 Å². The van der Waals surface area contributed by atoms with Gasteiger partial charge in [-0.25, -0.2) is 4.79 Å². The van der Waals surface area contributed by atoms with Crippen molar-refractivity contribution in [2.75, 3.05) is 37.8 Å². The normalized spacial score (nSPS) is 17.8. The number of esters is 1. The van der Waals surface area contributed by atoms with Crippen LogP contribution in [-0.2, 0) is 14.3 Å². The SMILES string of the molecule is CCOCCOC(=O)c1ccc(N2CCC[C@H](C(N)=O)C2)cc1. The van der Waals surface area contributed by atoms with Gasteiger partial charge in [0.15, 0.2) is 0 Å². The zero-order chi connectivity index (χ0) is 16.7. The van der Waals surface area contributed by atoms with Crippen LogP contribution in [0.25, 0.3) is 0 Å². The second-order valence-corrected chi connectivity index (χ2v) is 5.57. The molecule has 0 aromatic heterocycles. The molecule has 0 saturated carbocycles. The number of nitrogens with zero attached hydrogens (tertiary/aromatic N) is 1. The molecule has 1 fully saturated rings. The van der Waals surface area contributed by atoms with Gasteiger partial charge >= 0.3 is 5.97 Å². The van der Waals surface area contributed by atoms with Gasteiger partial charge in [0.2, 0.25) is 5.91 Å². The Morgan fingerprint density at radius 3 is 2.65 bits per heavy atom. The van der Waals surface area contributed by atoms with Gasteiger partial charge in [-0.3, -0.25) is 4.79 Å². The van der Waals surface area contributed by atoms with Crippen molar-refractivity contribution in [1.82, 2.24) is 0 Å². The van der Waals surface area contributed by atoms with Crippen molar-refractivity contribution in [3.63, 3.8) is 0 Å². The second-order valence-electron chi connectivity index (χ2n) is 5.57. The molecule has 126 valence electrons. The predicted molar refractivity (Wildman–Crippen MR) is 87.3 cm³/mol. The Hall–Kier alpha value is -2.08. The first-order valence-electron chi connectivity index (χ1n) is 8.01. The molecular formula is C17H24N2O4. The summed E-state index contributed by atoms with van der Waals surface area (Å²) in [5.41, 5.74) is 6.90. The fourth-order valence-corrected chi connectivity index (χ4v) is 2.67. The van der Waals surface area contributed by atoms with Crippen molar-refractivity contribution in [1.29, 1.82) is 0 Å². The summed E-state index contributed by atoms with van der Waals surface area (Å²) in [4.78, 5) is 25.4. The minimum atomic E-state index is -0.357. The van der Waals surface area contributed by atoms with E-state index in [0.29, 0.717) is 25.3 Å². The van der Waals surface area contributed by atoms with Gasteiger partial charge < -0.3 is 20.1 Å². The van der Waals surface area contributed by atoms with Crippen molar-refractivity contribution in [2.24, 2.45) is 11.7 Å². The molecule has 6 nitrogen and oxygen atoms in total. The predicted octanol–water partition coefficient (Wildman–Crippen LogP) is 1.58. The lowest BCUT2D eigenvalue weighted by Crippen LogP contribution is -2.41. The number of primary amides is 1. The largest absolute Gasteiger partial charge is 0.460 e. The first-order chi connectivity index (χ1) is 11.1. The van der Waals surface area contributed by atoms with Crippen LogP contribution in [0.15, 0.2) is 24.3 Å². The van der Waals surface area contributed by atoms with Crippen molar-refractivity contribution in [3.8, 4) is 0 Å². The molecule has 1 atom stereocenters. The Morgan fingerprint density at radius 1 is 1.26 bits per heavy atom. The van der Waals surface area contributed by atoms with Crippen LogP contribution in [-0.4, -0.2) is 44.8 Å². The van der Waals surface area contributed by atoms with Crippen LogP contribution in [0.5, 0.6) is 0 Å². The topological polar surface area (TPSA) is 81.9 Å². The molecule has 1 aliphatic rings. The Labute approximate surface area is 136 Å². The maximum Gasteiger partial charge on any atom is 0.338 e. The summed E-state index contributed by atoms with van der Waals surface area (Å²) in [6, 6.07) is 7.24. The second kappa shape index (κ2) is 8.53. The highest BCUT2D eigenvalue weighted by molar-refractivity contribution is 5.89. The molecule has 2 rings (SSSR count). The minimum absolute atomic E-state index is 0.105. The number of carbonyl (C=O) groups excluding carboxylic acids is 2. The minimum Gasteiger partial charge on any atom is -0.460 e. The van der Waals surface area contributed by atoms with Gasteiger partial charge in [-0.1, -0.05) is 0 Å². The molecule has 2 N–H and O–H groups in total. The summed E-state index contributed by atoms with van der Waals surface area (Å²) in [6.45, 7) is 4.68. The molecule has 1 heterocycles. The molecule has 1 amide bonds. The third-order valence-corrected chi connectivity index (χ3v) is 3.96. The molecule has 6 heteroatoms. The summed E-state index contributed by atoms with van der Waals surface area (Å²) in [6.07, 6.45) is 1.78. The van der Waals surface area contributed by atoms with Crippen molar-refractivity contribution >= 4 is 17.6 Å². The molecule has 0 unspecified atom stereocenters. The molecular weight excluding hydrogens is 296 g/mol. The van der Waals surface area contributed by atoms with Gasteiger partial charge in [0.25, 0.3) is 0 Å². The summed E-state index contributed by atoms with van der Waals surface area (Å²) in [5, 5.41) is 0. The van der Waals surface area contributed by atoms with Crippen LogP contribution >= 0.6 is 0 Å². The average Bonchev–Trinajstić information content (AvgIpc) is 2.59. The van der Waals surface area contributed by atoms with Gasteiger partial charge in [-0.15, -0.1) is 0 Å². The Kier molecular flexibility index (Phi) is 6.40. The number of hydrogen-bond acceptors (Lipinski definition) is 5. The van der Waals surface area contributed by atoms with Crippen molar-refractivity contribution < 1.29 is 19.1 Å². The summed E-state index contributed by atoms with van der Waals surface area (Å²) in [7, 11) is 0. The molecule has 0 spiro atoms. The molecule has 0 bridgehead atoms. The lowest BCUT2D eigenvalue weighted by molar-refractivity contribution is -0.122. The molecule has 0 radical (unpaired) electrons. The van der Waals surface area contributed by atoms with Gasteiger partial charge in [-0.2, -0.15) is 0 Å². The average molecular weight is 320 g/mol. The fourth-order valence-electron chi connectivity index (χ4n) is 2.67. The standard InChI is InChI=1S/C17H24N2O4/c1-2-22-10-11-23-17(21)13-5-7-15(8-6-13)19-9-3-4-14(12-19)16(18)20/h5-8,14H,2-4,9-12H2,1H3,(H2,18,20)/t14-/m0/s1. The van der Waals surface area contributed by atoms with E-state index in [2.05, 4.69) is 4.90 Å². The molecule has 1 aromatic carbocycles. The number of piperidine rings is 1. The zero-order valence-corrected chi connectivity index (χ0v) is 13.5. The van der Waals surface area contributed by atoms with E-state index in [1.54, 1.807) is 12.1 Å². The van der Waals surface area contributed by atoms with E-state index in [1.165, 1.54) is 0 Å². The summed E-state index contributed by atoms with van der Waals surface area (Å²) < 4.78 is 10.3. The quantitative estimate of drug-likeness (QED) is 0.609. The molecule has 1 saturated heterocycles. The highest BCUT2D eigenvalue weighted by atomic mass is 16.6. The highest BCUT2D eigenvalue weighted by Crippen LogP contribution is 2.23. The van der Waals surface area contributed by atoms with E-state index < -0.39 is 0 Å². The van der Waals surface area contributed by atoms with Gasteiger partial charge in [0.05, 0.1) is 18.1 Å². The number of rotatable bonds is 7. The first kappa shape index (κ1) is 17.3. The smallest absolute Gasteiger partial charge is 0.338 e. The monoisotopic (exact) mass is 320 g/mol. The van der Waals surface area contributed by atoms with Gasteiger partial charge in [-0.05, 0) is 44.0 Å². The number of benzene rings is 1. The van der Waals surface area contributed by atoms with E-state index in [-0.39, 0.29) is 24.4 Å². The van der Waals surface area contributed by atoms with Crippen LogP contribution in [0.2, 0.25) is 0 Å². The van der Waals surface area contributed by atoms with Crippen LogP contribution in [0.3, 0.4) is 0 Å². The number of amides is 1. The Morgan fingerprint density at radius 2 is 2.00 bits per heavy atom. The lowest BCUT2D eigenvalue weighted by Gasteiger charge is -2.33. The van der Waals surface area contributed by atoms with Crippen LogP contribution in [0.1, 0.15) is 30.1 Å². The number of hydrogen-bond donors (Lipinski definition) is 1. The highest BCUT2D eigenvalue weighted by Gasteiger charge is 2.24. The van der Waals surface area contributed by atoms with Gasteiger partial charge in [0.1, 0.15) is 6.61 Å². The van der Waals surface area contributed by atoms with E-state index in [1.807, 2.05) is 19.1 Å². The number of ether oxygens (including phenoxy) is 2. The van der Waals surface area contributed by atoms with Crippen molar-refractivity contribution in [2.45, 2.75) is 19.8 Å². The Balaban J connectivity index is 1.91. The van der Waals surface area contributed by atoms with E-state index in [0.717, 1.165) is 25.1 Å². The molecule has 0 aliphatic carbocycles. The van der Waals surface area contributed by atoms with Gasteiger partial charge in [0, 0.05) is 25.4 Å². The van der Waals surface area contributed by atoms with E-state index in [9.17, 15) is 9.59 Å². The van der Waals surface area contributed by atoms with Crippen LogP contribution in [0, 0.1) is 5.92 Å². The summed E-state index contributed by atoms with van der Waals surface area (Å²) >= 11 is 0. The van der Waals surface area contributed by atoms with Crippen molar-refractivity contribution in [3.05, 3.63) is 29.8 Å². The first-order valence-corrected chi connectivity index (χ1v) is 8.01. The maximum atomic E-state index is 11.9.